The molecule has 0 bridgehead atoms. The Morgan fingerprint density at radius 3 is 2.71 bits per heavy atom. The zero-order valence-electron chi connectivity index (χ0n) is 9.10. The largest absolute Gasteiger partial charge is 0.492 e. The van der Waals surface area contributed by atoms with Crippen LogP contribution in [0.5, 0.6) is 5.75 Å². The standard InChI is InChI=1S/C11H11BrO5/c1-16-10(13)4-5-17-9-3-2-7(12)6-8(9)11(14)15/h2-3,6H,4-5H2,1H3,(H,14,15). The zero-order chi connectivity index (χ0) is 12.8. The lowest BCUT2D eigenvalue weighted by Gasteiger charge is -2.08. The molecule has 0 aliphatic rings. The minimum Gasteiger partial charge on any atom is -0.492 e. The maximum absolute atomic E-state index is 10.9. The van der Waals surface area contributed by atoms with Crippen molar-refractivity contribution in [2.24, 2.45) is 0 Å². The van der Waals surface area contributed by atoms with Crippen LogP contribution < -0.4 is 4.74 Å². The molecule has 0 spiro atoms. The van der Waals surface area contributed by atoms with Crippen LogP contribution in [0.1, 0.15) is 16.8 Å². The highest BCUT2D eigenvalue weighted by molar-refractivity contribution is 9.10. The van der Waals surface area contributed by atoms with Gasteiger partial charge in [0.15, 0.2) is 0 Å². The number of ether oxygens (including phenoxy) is 2. The van der Waals surface area contributed by atoms with Crippen LogP contribution in [0.15, 0.2) is 22.7 Å². The van der Waals surface area contributed by atoms with Crippen molar-refractivity contribution in [3.8, 4) is 5.75 Å². The number of aromatic carboxylic acids is 1. The number of rotatable bonds is 5. The van der Waals surface area contributed by atoms with Gasteiger partial charge in [0.1, 0.15) is 11.3 Å². The Labute approximate surface area is 106 Å². The van der Waals surface area contributed by atoms with E-state index in [-0.39, 0.29) is 24.3 Å². The van der Waals surface area contributed by atoms with Gasteiger partial charge < -0.3 is 14.6 Å². The lowest BCUT2D eigenvalue weighted by atomic mass is 10.2. The van der Waals surface area contributed by atoms with Crippen molar-refractivity contribution in [2.75, 3.05) is 13.7 Å². The molecule has 1 aromatic rings. The van der Waals surface area contributed by atoms with Gasteiger partial charge in [-0.05, 0) is 18.2 Å². The van der Waals surface area contributed by atoms with E-state index < -0.39 is 11.9 Å². The van der Waals surface area contributed by atoms with E-state index in [0.717, 1.165) is 0 Å². The van der Waals surface area contributed by atoms with Crippen molar-refractivity contribution in [1.82, 2.24) is 0 Å². The van der Waals surface area contributed by atoms with Crippen LogP contribution in [0.3, 0.4) is 0 Å². The van der Waals surface area contributed by atoms with Crippen LogP contribution in [-0.2, 0) is 9.53 Å². The van der Waals surface area contributed by atoms with E-state index in [9.17, 15) is 9.59 Å². The van der Waals surface area contributed by atoms with Crippen LogP contribution in [0.4, 0.5) is 0 Å². The Kier molecular flexibility index (Phi) is 4.96. The summed E-state index contributed by atoms with van der Waals surface area (Å²) in [4.78, 5) is 21.8. The first kappa shape index (κ1) is 13.5. The van der Waals surface area contributed by atoms with Crippen molar-refractivity contribution < 1.29 is 24.2 Å². The molecule has 0 fully saturated rings. The van der Waals surface area contributed by atoms with E-state index in [0.29, 0.717) is 4.47 Å². The van der Waals surface area contributed by atoms with Gasteiger partial charge >= 0.3 is 11.9 Å². The molecule has 0 radical (unpaired) electrons. The fourth-order valence-corrected chi connectivity index (χ4v) is 1.50. The van der Waals surface area contributed by atoms with Gasteiger partial charge in [0.2, 0.25) is 0 Å². The molecule has 1 rings (SSSR count). The molecule has 0 heterocycles. The average Bonchev–Trinajstić information content (AvgIpc) is 2.30. The number of hydrogen-bond acceptors (Lipinski definition) is 4. The molecule has 92 valence electrons. The summed E-state index contributed by atoms with van der Waals surface area (Å²) in [6, 6.07) is 4.64. The van der Waals surface area contributed by atoms with Gasteiger partial charge in [-0.25, -0.2) is 4.79 Å². The van der Waals surface area contributed by atoms with E-state index in [1.807, 2.05) is 0 Å². The molecule has 6 heteroatoms. The number of carboxylic acids is 1. The molecular weight excluding hydrogens is 292 g/mol. The van der Waals surface area contributed by atoms with Gasteiger partial charge in [-0.1, -0.05) is 15.9 Å². The Bertz CT molecular complexity index is 430. The minimum atomic E-state index is -1.08. The number of carbonyl (C=O) groups excluding carboxylic acids is 1. The van der Waals surface area contributed by atoms with Crippen LogP contribution in [0, 0.1) is 0 Å². The van der Waals surface area contributed by atoms with Crippen molar-refractivity contribution in [3.63, 3.8) is 0 Å². The molecule has 0 aromatic heterocycles. The summed E-state index contributed by atoms with van der Waals surface area (Å²) >= 11 is 3.17. The molecule has 0 amide bonds. The summed E-state index contributed by atoms with van der Waals surface area (Å²) in [6.45, 7) is 0.0780. The van der Waals surface area contributed by atoms with Crippen LogP contribution in [-0.4, -0.2) is 30.8 Å². The minimum absolute atomic E-state index is 0.0456. The maximum atomic E-state index is 10.9. The predicted molar refractivity (Wildman–Crippen MR) is 63.2 cm³/mol. The van der Waals surface area contributed by atoms with Crippen LogP contribution >= 0.6 is 15.9 Å². The summed E-state index contributed by atoms with van der Waals surface area (Å²) < 4.78 is 10.3. The molecule has 0 unspecified atom stereocenters. The number of methoxy groups -OCH3 is 1. The van der Waals surface area contributed by atoms with Gasteiger partial charge in [-0.3, -0.25) is 4.79 Å². The third-order valence-corrected chi connectivity index (χ3v) is 2.46. The quantitative estimate of drug-likeness (QED) is 0.843. The van der Waals surface area contributed by atoms with Crippen molar-refractivity contribution in [3.05, 3.63) is 28.2 Å². The number of benzene rings is 1. The Hall–Kier alpha value is -1.56. The van der Waals surface area contributed by atoms with Gasteiger partial charge in [-0.2, -0.15) is 0 Å². The second-order valence-corrected chi connectivity index (χ2v) is 4.04. The van der Waals surface area contributed by atoms with Crippen molar-refractivity contribution in [1.29, 1.82) is 0 Å². The van der Waals surface area contributed by atoms with Crippen molar-refractivity contribution in [2.45, 2.75) is 6.42 Å². The zero-order valence-corrected chi connectivity index (χ0v) is 10.7. The summed E-state index contributed by atoms with van der Waals surface area (Å²) in [6.07, 6.45) is 0.0750. The summed E-state index contributed by atoms with van der Waals surface area (Å²) in [5.74, 6) is -1.26. The number of carboxylic acid groups (broad SMARTS) is 1. The highest BCUT2D eigenvalue weighted by Crippen LogP contribution is 2.23. The van der Waals surface area contributed by atoms with E-state index >= 15 is 0 Å². The Balaban J connectivity index is 2.70. The smallest absolute Gasteiger partial charge is 0.339 e. The van der Waals surface area contributed by atoms with E-state index in [2.05, 4.69) is 20.7 Å². The Morgan fingerprint density at radius 2 is 2.12 bits per heavy atom. The fraction of sp³-hybridized carbons (Fsp3) is 0.273. The molecule has 0 saturated heterocycles. The van der Waals surface area contributed by atoms with E-state index in [1.54, 1.807) is 6.07 Å². The predicted octanol–water partition coefficient (Wildman–Crippen LogP) is 2.09. The summed E-state index contributed by atoms with van der Waals surface area (Å²) in [7, 11) is 1.28. The first-order valence-corrected chi connectivity index (χ1v) is 5.56. The first-order chi connectivity index (χ1) is 8.04. The van der Waals surface area contributed by atoms with Crippen LogP contribution in [0.25, 0.3) is 0 Å². The highest BCUT2D eigenvalue weighted by Gasteiger charge is 2.12. The molecule has 0 atom stereocenters. The highest BCUT2D eigenvalue weighted by atomic mass is 79.9. The SMILES string of the molecule is COC(=O)CCOc1ccc(Br)cc1C(=O)O. The molecule has 0 aliphatic carbocycles. The number of carbonyl (C=O) groups is 2. The summed E-state index contributed by atoms with van der Waals surface area (Å²) in [5.41, 5.74) is 0.0456. The van der Waals surface area contributed by atoms with Gasteiger partial charge in [0.05, 0.1) is 20.1 Å². The fourth-order valence-electron chi connectivity index (χ4n) is 1.14. The molecule has 17 heavy (non-hydrogen) atoms. The molecular formula is C11H11BrO5. The third-order valence-electron chi connectivity index (χ3n) is 1.96. The van der Waals surface area contributed by atoms with E-state index in [4.69, 9.17) is 9.84 Å². The third kappa shape index (κ3) is 4.07. The van der Waals surface area contributed by atoms with E-state index in [1.165, 1.54) is 19.2 Å². The molecule has 0 aliphatic heterocycles. The monoisotopic (exact) mass is 302 g/mol. The maximum Gasteiger partial charge on any atom is 0.339 e. The van der Waals surface area contributed by atoms with Gasteiger partial charge in [0, 0.05) is 4.47 Å². The topological polar surface area (TPSA) is 72.8 Å². The number of hydrogen-bond donors (Lipinski definition) is 1. The van der Waals surface area contributed by atoms with Gasteiger partial charge in [-0.15, -0.1) is 0 Å². The lowest BCUT2D eigenvalue weighted by molar-refractivity contribution is -0.141. The molecule has 1 N–H and O–H groups in total. The molecule has 5 nitrogen and oxygen atoms in total. The average molecular weight is 303 g/mol. The van der Waals surface area contributed by atoms with Crippen molar-refractivity contribution >= 4 is 27.9 Å². The molecule has 0 saturated carbocycles. The first-order valence-electron chi connectivity index (χ1n) is 4.77. The number of halogens is 1. The van der Waals surface area contributed by atoms with Crippen LogP contribution in [0.2, 0.25) is 0 Å². The second kappa shape index (κ2) is 6.24. The Morgan fingerprint density at radius 1 is 1.41 bits per heavy atom. The normalized spacial score (nSPS) is 9.76. The van der Waals surface area contributed by atoms with Gasteiger partial charge in [0.25, 0.3) is 0 Å². The lowest BCUT2D eigenvalue weighted by Crippen LogP contribution is -2.09. The molecule has 1 aromatic carbocycles. The summed E-state index contributed by atoms with van der Waals surface area (Å²) in [5, 5.41) is 8.95. The second-order valence-electron chi connectivity index (χ2n) is 3.12. The number of esters is 1.